The lowest BCUT2D eigenvalue weighted by Crippen LogP contribution is -2.24. The van der Waals surface area contributed by atoms with Crippen LogP contribution in [0.4, 0.5) is 8.78 Å². The van der Waals surface area contributed by atoms with Gasteiger partial charge in [-0.1, -0.05) is 0 Å². The summed E-state index contributed by atoms with van der Waals surface area (Å²) in [5.41, 5.74) is 3.28. The van der Waals surface area contributed by atoms with E-state index in [9.17, 15) is 18.4 Å². The zero-order valence-electron chi connectivity index (χ0n) is 9.13. The highest BCUT2D eigenvalue weighted by atomic mass is 19.3. The number of nitrogens with two attached hydrogens (primary N) is 1. The molecule has 0 aliphatic rings. The van der Waals surface area contributed by atoms with E-state index < -0.39 is 23.4 Å². The van der Waals surface area contributed by atoms with Crippen LogP contribution in [0.1, 0.15) is 35.0 Å². The first-order chi connectivity index (χ1) is 8.02. The molecule has 0 atom stereocenters. The molecular formula is C10H12F2N2O3. The molecule has 0 radical (unpaired) electrons. The Labute approximate surface area is 95.6 Å². The van der Waals surface area contributed by atoms with E-state index >= 15 is 0 Å². The maximum atomic E-state index is 12.4. The number of aromatic amines is 1. The van der Waals surface area contributed by atoms with Crippen LogP contribution in [-0.4, -0.2) is 17.6 Å². The fourth-order valence-corrected chi connectivity index (χ4v) is 1.33. The first kappa shape index (κ1) is 13.3. The number of halogens is 2. The molecule has 0 aromatic carbocycles. The summed E-state index contributed by atoms with van der Waals surface area (Å²) < 4.78 is 29.6. The molecule has 0 bridgehead atoms. The number of carbonyl (C=O) groups is 1. The first-order valence-electron chi connectivity index (χ1n) is 4.92. The lowest BCUT2D eigenvalue weighted by Gasteiger charge is -2.08. The molecule has 7 heteroatoms. The van der Waals surface area contributed by atoms with Gasteiger partial charge in [-0.25, -0.2) is 13.6 Å². The second-order valence-corrected chi connectivity index (χ2v) is 3.15. The Morgan fingerprint density at radius 1 is 1.59 bits per heavy atom. The van der Waals surface area contributed by atoms with E-state index in [1.807, 2.05) is 0 Å². The van der Waals surface area contributed by atoms with Crippen molar-refractivity contribution in [1.82, 2.24) is 4.98 Å². The number of H-pyrrole nitrogens is 1. The minimum atomic E-state index is -2.92. The molecular weight excluding hydrogens is 234 g/mol. The molecule has 0 aliphatic heterocycles. The number of aromatic nitrogens is 1. The van der Waals surface area contributed by atoms with Crippen molar-refractivity contribution in [3.05, 3.63) is 33.2 Å². The number of nitrogens with one attached hydrogen (secondary N) is 1. The molecule has 0 spiro atoms. The molecule has 1 rings (SSSR count). The Morgan fingerprint density at radius 3 is 2.71 bits per heavy atom. The number of hydrogen-bond acceptors (Lipinski definition) is 4. The van der Waals surface area contributed by atoms with E-state index in [2.05, 4.69) is 9.72 Å². The molecule has 94 valence electrons. The van der Waals surface area contributed by atoms with Crippen LogP contribution in [0.25, 0.3) is 0 Å². The maximum Gasteiger partial charge on any atom is 0.355 e. The van der Waals surface area contributed by atoms with Crippen LogP contribution < -0.4 is 11.2 Å². The molecule has 0 saturated heterocycles. The number of carbonyl (C=O) groups excluding carboxylic acids is 1. The van der Waals surface area contributed by atoms with Gasteiger partial charge in [0.25, 0.3) is 6.43 Å². The number of alkyl halides is 2. The second kappa shape index (κ2) is 5.53. The van der Waals surface area contributed by atoms with Gasteiger partial charge in [0.1, 0.15) is 5.69 Å². The highest BCUT2D eigenvalue weighted by Gasteiger charge is 2.21. The van der Waals surface area contributed by atoms with E-state index in [1.165, 1.54) is 0 Å². The minimum Gasteiger partial charge on any atom is -0.461 e. The number of pyridine rings is 1. The third-order valence-electron chi connectivity index (χ3n) is 2.13. The van der Waals surface area contributed by atoms with Crippen LogP contribution in [-0.2, 0) is 11.3 Å². The summed E-state index contributed by atoms with van der Waals surface area (Å²) in [4.78, 5) is 25.3. The summed E-state index contributed by atoms with van der Waals surface area (Å²) in [6.45, 7) is 1.39. The van der Waals surface area contributed by atoms with Crippen molar-refractivity contribution in [2.75, 3.05) is 6.61 Å². The largest absolute Gasteiger partial charge is 0.461 e. The Kier molecular flexibility index (Phi) is 4.33. The topological polar surface area (TPSA) is 85.2 Å². The minimum absolute atomic E-state index is 0.113. The zero-order valence-corrected chi connectivity index (χ0v) is 9.13. The van der Waals surface area contributed by atoms with Gasteiger partial charge in [-0.15, -0.1) is 0 Å². The van der Waals surface area contributed by atoms with Gasteiger partial charge in [0.15, 0.2) is 5.43 Å². The fourth-order valence-electron chi connectivity index (χ4n) is 1.33. The summed E-state index contributed by atoms with van der Waals surface area (Å²) in [6.07, 6.45) is -2.11. The smallest absolute Gasteiger partial charge is 0.355 e. The lowest BCUT2D eigenvalue weighted by molar-refractivity contribution is 0.0517. The molecule has 0 amide bonds. The third-order valence-corrected chi connectivity index (χ3v) is 2.13. The van der Waals surface area contributed by atoms with Crippen molar-refractivity contribution in [3.8, 4) is 0 Å². The third kappa shape index (κ3) is 2.68. The van der Waals surface area contributed by atoms with Crippen molar-refractivity contribution < 1.29 is 18.3 Å². The highest BCUT2D eigenvalue weighted by molar-refractivity contribution is 5.88. The molecule has 0 saturated carbocycles. The number of rotatable bonds is 4. The van der Waals surface area contributed by atoms with Gasteiger partial charge in [-0.2, -0.15) is 0 Å². The van der Waals surface area contributed by atoms with E-state index in [0.29, 0.717) is 0 Å². The zero-order chi connectivity index (χ0) is 13.0. The van der Waals surface area contributed by atoms with Gasteiger partial charge in [-0.05, 0) is 6.92 Å². The van der Waals surface area contributed by atoms with Gasteiger partial charge in [0.05, 0.1) is 12.2 Å². The fraction of sp³-hybridized carbons (Fsp3) is 0.400. The summed E-state index contributed by atoms with van der Waals surface area (Å²) in [6, 6.07) is 0. The van der Waals surface area contributed by atoms with E-state index in [1.54, 1.807) is 6.92 Å². The van der Waals surface area contributed by atoms with E-state index in [4.69, 9.17) is 5.73 Å². The molecule has 1 aromatic rings. The molecule has 0 unspecified atom stereocenters. The summed E-state index contributed by atoms with van der Waals surface area (Å²) >= 11 is 0. The van der Waals surface area contributed by atoms with Crippen LogP contribution in [0.2, 0.25) is 0 Å². The molecule has 1 heterocycles. The number of ether oxygens (including phenoxy) is 1. The van der Waals surface area contributed by atoms with Crippen LogP contribution in [0.3, 0.4) is 0 Å². The molecule has 0 aliphatic carbocycles. The van der Waals surface area contributed by atoms with Crippen molar-refractivity contribution in [1.29, 1.82) is 0 Å². The maximum absolute atomic E-state index is 12.4. The lowest BCUT2D eigenvalue weighted by atomic mass is 10.1. The van der Waals surface area contributed by atoms with Crippen LogP contribution in [0, 0.1) is 0 Å². The standard InChI is InChI=1S/C10H12F2N2O3/c1-2-17-10(16)7-5(3-13)8(15)6(4-14-7)9(11)12/h4,9H,2-3,13H2,1H3,(H,14,15). The Bertz CT molecular complexity index is 471. The van der Waals surface area contributed by atoms with Gasteiger partial charge < -0.3 is 15.5 Å². The van der Waals surface area contributed by atoms with Crippen LogP contribution >= 0.6 is 0 Å². The summed E-state index contributed by atoms with van der Waals surface area (Å²) in [5.74, 6) is -0.786. The SMILES string of the molecule is CCOC(=O)c1[nH]cc(C(F)F)c(=O)c1CN. The van der Waals surface area contributed by atoms with Crippen molar-refractivity contribution in [2.24, 2.45) is 5.73 Å². The molecule has 5 nitrogen and oxygen atoms in total. The van der Waals surface area contributed by atoms with Crippen LogP contribution in [0.5, 0.6) is 0 Å². The summed E-state index contributed by atoms with van der Waals surface area (Å²) in [7, 11) is 0. The molecule has 0 fully saturated rings. The quantitative estimate of drug-likeness (QED) is 0.774. The van der Waals surface area contributed by atoms with E-state index in [-0.39, 0.29) is 24.4 Å². The molecule has 3 N–H and O–H groups in total. The van der Waals surface area contributed by atoms with Crippen molar-refractivity contribution in [3.63, 3.8) is 0 Å². The monoisotopic (exact) mass is 246 g/mol. The van der Waals surface area contributed by atoms with Gasteiger partial charge in [-0.3, -0.25) is 4.79 Å². The Balaban J connectivity index is 3.31. The van der Waals surface area contributed by atoms with Crippen molar-refractivity contribution in [2.45, 2.75) is 19.9 Å². The average molecular weight is 246 g/mol. The highest BCUT2D eigenvalue weighted by Crippen LogP contribution is 2.15. The Hall–Kier alpha value is -1.76. The second-order valence-electron chi connectivity index (χ2n) is 3.15. The molecule has 1 aromatic heterocycles. The number of hydrogen-bond donors (Lipinski definition) is 2. The predicted molar refractivity (Wildman–Crippen MR) is 55.9 cm³/mol. The normalized spacial score (nSPS) is 10.6. The molecule has 17 heavy (non-hydrogen) atoms. The Morgan fingerprint density at radius 2 is 2.24 bits per heavy atom. The predicted octanol–water partition coefficient (Wildman–Crippen LogP) is 0.948. The van der Waals surface area contributed by atoms with Crippen LogP contribution in [0.15, 0.2) is 11.0 Å². The first-order valence-corrected chi connectivity index (χ1v) is 4.92. The number of esters is 1. The van der Waals surface area contributed by atoms with Gasteiger partial charge >= 0.3 is 5.97 Å². The van der Waals surface area contributed by atoms with E-state index in [0.717, 1.165) is 6.20 Å². The van der Waals surface area contributed by atoms with Crippen molar-refractivity contribution >= 4 is 5.97 Å². The summed E-state index contributed by atoms with van der Waals surface area (Å²) in [5, 5.41) is 0. The van der Waals surface area contributed by atoms with Gasteiger partial charge in [0.2, 0.25) is 0 Å². The van der Waals surface area contributed by atoms with Gasteiger partial charge in [0, 0.05) is 18.3 Å². The average Bonchev–Trinajstić information content (AvgIpc) is 2.28.